The Morgan fingerprint density at radius 2 is 1.88 bits per heavy atom. The van der Waals surface area contributed by atoms with E-state index in [0.29, 0.717) is 0 Å². The van der Waals surface area contributed by atoms with Crippen molar-refractivity contribution in [2.24, 2.45) is 5.92 Å². The second-order valence-corrected chi connectivity index (χ2v) is 5.21. The molecule has 1 aromatic carbocycles. The maximum Gasteiger partial charge on any atom is 0.118 e. The molecule has 94 valence electrons. The van der Waals surface area contributed by atoms with Crippen molar-refractivity contribution in [1.82, 2.24) is 0 Å². The van der Waals surface area contributed by atoms with Gasteiger partial charge in [-0.05, 0) is 43.5 Å². The highest BCUT2D eigenvalue weighted by Crippen LogP contribution is 2.21. The molecule has 1 aromatic rings. The molecular weight excluding hydrogens is 210 g/mol. The van der Waals surface area contributed by atoms with Crippen molar-refractivity contribution in [3.05, 3.63) is 29.8 Å². The molecule has 1 aliphatic rings. The molecule has 2 atom stereocenters. The minimum Gasteiger partial charge on any atom is -0.497 e. The third-order valence-electron chi connectivity index (χ3n) is 3.99. The van der Waals surface area contributed by atoms with Crippen LogP contribution in [-0.2, 0) is 6.54 Å². The number of nitrogens with two attached hydrogens (primary N) is 1. The molecule has 0 unspecified atom stereocenters. The highest BCUT2D eigenvalue weighted by Gasteiger charge is 2.23. The summed E-state index contributed by atoms with van der Waals surface area (Å²) in [5.41, 5.74) is 1.39. The fourth-order valence-corrected chi connectivity index (χ4v) is 2.74. The van der Waals surface area contributed by atoms with Crippen LogP contribution in [0, 0.1) is 5.92 Å². The average molecular weight is 234 g/mol. The van der Waals surface area contributed by atoms with Crippen molar-refractivity contribution in [3.63, 3.8) is 0 Å². The molecule has 1 fully saturated rings. The van der Waals surface area contributed by atoms with E-state index in [4.69, 9.17) is 4.74 Å². The molecular formula is C15H24NO+. The normalized spacial score (nSPS) is 24.6. The Bertz CT molecular complexity index is 333. The minimum absolute atomic E-state index is 0.825. The molecule has 17 heavy (non-hydrogen) atoms. The molecule has 0 aromatic heterocycles. The summed E-state index contributed by atoms with van der Waals surface area (Å²) < 4.78 is 5.17. The van der Waals surface area contributed by atoms with E-state index in [1.165, 1.54) is 31.2 Å². The number of methoxy groups -OCH3 is 1. The molecule has 0 saturated heterocycles. The lowest BCUT2D eigenvalue weighted by molar-refractivity contribution is -0.712. The molecule has 0 aliphatic heterocycles. The Morgan fingerprint density at radius 1 is 1.18 bits per heavy atom. The van der Waals surface area contributed by atoms with Crippen LogP contribution in [0.1, 0.15) is 38.2 Å². The van der Waals surface area contributed by atoms with Gasteiger partial charge in [0.1, 0.15) is 12.3 Å². The Morgan fingerprint density at radius 3 is 2.53 bits per heavy atom. The number of quaternary nitrogens is 1. The number of ether oxygens (including phenoxy) is 1. The highest BCUT2D eigenvalue weighted by molar-refractivity contribution is 5.26. The zero-order chi connectivity index (χ0) is 12.1. The zero-order valence-corrected chi connectivity index (χ0v) is 11.0. The monoisotopic (exact) mass is 234 g/mol. The average Bonchev–Trinajstić information content (AvgIpc) is 2.38. The van der Waals surface area contributed by atoms with Crippen molar-refractivity contribution in [2.75, 3.05) is 7.11 Å². The largest absolute Gasteiger partial charge is 0.497 e. The van der Waals surface area contributed by atoms with Crippen LogP contribution in [-0.4, -0.2) is 13.2 Å². The van der Waals surface area contributed by atoms with Gasteiger partial charge in [-0.3, -0.25) is 0 Å². The Balaban J connectivity index is 1.84. The maximum atomic E-state index is 5.17. The molecule has 2 nitrogen and oxygen atoms in total. The van der Waals surface area contributed by atoms with E-state index >= 15 is 0 Å². The summed E-state index contributed by atoms with van der Waals surface area (Å²) in [7, 11) is 1.71. The van der Waals surface area contributed by atoms with Crippen LogP contribution in [0.4, 0.5) is 0 Å². The van der Waals surface area contributed by atoms with Crippen molar-refractivity contribution in [2.45, 2.75) is 45.2 Å². The van der Waals surface area contributed by atoms with Crippen molar-refractivity contribution < 1.29 is 10.1 Å². The summed E-state index contributed by atoms with van der Waals surface area (Å²) in [5.74, 6) is 1.82. The predicted octanol–water partition coefficient (Wildman–Crippen LogP) is 2.34. The first-order valence-corrected chi connectivity index (χ1v) is 6.76. The van der Waals surface area contributed by atoms with E-state index in [0.717, 1.165) is 24.3 Å². The number of rotatable bonds is 4. The third-order valence-corrected chi connectivity index (χ3v) is 3.99. The SMILES string of the molecule is COc1ccc(C[NH2+][C@H]2CCCC[C@@H]2C)cc1. The van der Waals surface area contributed by atoms with Gasteiger partial charge >= 0.3 is 0 Å². The van der Waals surface area contributed by atoms with Crippen molar-refractivity contribution in [1.29, 1.82) is 0 Å². The van der Waals surface area contributed by atoms with Gasteiger partial charge in [-0.2, -0.15) is 0 Å². The molecule has 1 aliphatic carbocycles. The van der Waals surface area contributed by atoms with Gasteiger partial charge in [0.25, 0.3) is 0 Å². The summed E-state index contributed by atoms with van der Waals surface area (Å²) in [6.07, 6.45) is 5.63. The Labute approximate surface area is 104 Å². The highest BCUT2D eigenvalue weighted by atomic mass is 16.5. The van der Waals surface area contributed by atoms with Gasteiger partial charge in [0.15, 0.2) is 0 Å². The predicted molar refractivity (Wildman–Crippen MR) is 70.0 cm³/mol. The van der Waals surface area contributed by atoms with E-state index in [1.807, 2.05) is 12.1 Å². The third kappa shape index (κ3) is 3.47. The standard InChI is InChI=1S/C15H23NO/c1-12-5-3-4-6-15(12)16-11-13-7-9-14(17-2)10-8-13/h7-10,12,15-16H,3-6,11H2,1-2H3/p+1/t12-,15-/m0/s1. The first kappa shape index (κ1) is 12.4. The van der Waals surface area contributed by atoms with E-state index in [1.54, 1.807) is 7.11 Å². The van der Waals surface area contributed by atoms with Crippen LogP contribution in [0.3, 0.4) is 0 Å². The van der Waals surface area contributed by atoms with Gasteiger partial charge in [0, 0.05) is 11.5 Å². The maximum absolute atomic E-state index is 5.17. The molecule has 2 heteroatoms. The lowest BCUT2D eigenvalue weighted by Gasteiger charge is -2.26. The van der Waals surface area contributed by atoms with Crippen LogP contribution in [0.15, 0.2) is 24.3 Å². The molecule has 0 heterocycles. The van der Waals surface area contributed by atoms with Crippen LogP contribution >= 0.6 is 0 Å². The summed E-state index contributed by atoms with van der Waals surface area (Å²) >= 11 is 0. The van der Waals surface area contributed by atoms with Gasteiger partial charge in [-0.15, -0.1) is 0 Å². The number of hydrogen-bond acceptors (Lipinski definition) is 1. The number of benzene rings is 1. The van der Waals surface area contributed by atoms with Gasteiger partial charge in [-0.25, -0.2) is 0 Å². The van der Waals surface area contributed by atoms with Gasteiger partial charge in [0.2, 0.25) is 0 Å². The van der Waals surface area contributed by atoms with Crippen LogP contribution in [0.5, 0.6) is 5.75 Å². The molecule has 2 N–H and O–H groups in total. The number of hydrogen-bond donors (Lipinski definition) is 1. The van der Waals surface area contributed by atoms with E-state index < -0.39 is 0 Å². The second-order valence-electron chi connectivity index (χ2n) is 5.21. The summed E-state index contributed by atoms with van der Waals surface area (Å²) in [6.45, 7) is 3.49. The lowest BCUT2D eigenvalue weighted by Crippen LogP contribution is -2.90. The quantitative estimate of drug-likeness (QED) is 0.850. The van der Waals surface area contributed by atoms with E-state index in [2.05, 4.69) is 24.4 Å². The molecule has 0 bridgehead atoms. The fraction of sp³-hybridized carbons (Fsp3) is 0.600. The first-order chi connectivity index (χ1) is 8.29. The van der Waals surface area contributed by atoms with Gasteiger partial charge in [0.05, 0.1) is 13.2 Å². The molecule has 0 radical (unpaired) electrons. The topological polar surface area (TPSA) is 25.8 Å². The van der Waals surface area contributed by atoms with Gasteiger partial charge < -0.3 is 10.1 Å². The Hall–Kier alpha value is -1.02. The fourth-order valence-electron chi connectivity index (χ4n) is 2.74. The molecule has 2 rings (SSSR count). The van der Waals surface area contributed by atoms with Crippen LogP contribution in [0.2, 0.25) is 0 Å². The van der Waals surface area contributed by atoms with Crippen LogP contribution < -0.4 is 10.1 Å². The Kier molecular flexibility index (Phi) is 4.43. The van der Waals surface area contributed by atoms with Crippen molar-refractivity contribution in [3.8, 4) is 5.75 Å². The summed E-state index contributed by atoms with van der Waals surface area (Å²) in [6, 6.07) is 9.26. The molecule has 1 saturated carbocycles. The summed E-state index contributed by atoms with van der Waals surface area (Å²) in [5, 5.41) is 2.52. The molecule has 0 amide bonds. The molecule has 0 spiro atoms. The van der Waals surface area contributed by atoms with Gasteiger partial charge in [-0.1, -0.05) is 13.3 Å². The smallest absolute Gasteiger partial charge is 0.118 e. The summed E-state index contributed by atoms with van der Waals surface area (Å²) in [4.78, 5) is 0. The minimum atomic E-state index is 0.825. The van der Waals surface area contributed by atoms with E-state index in [9.17, 15) is 0 Å². The lowest BCUT2D eigenvalue weighted by atomic mass is 9.86. The van der Waals surface area contributed by atoms with E-state index in [-0.39, 0.29) is 0 Å². The van der Waals surface area contributed by atoms with Crippen molar-refractivity contribution >= 4 is 0 Å². The first-order valence-electron chi connectivity index (χ1n) is 6.76. The second kappa shape index (κ2) is 6.06. The zero-order valence-electron chi connectivity index (χ0n) is 11.0. The van der Waals surface area contributed by atoms with Crippen LogP contribution in [0.25, 0.3) is 0 Å².